The molecule has 0 amide bonds. The van der Waals surface area contributed by atoms with Crippen LogP contribution in [0.15, 0.2) is 15.8 Å². The smallest absolute Gasteiger partial charge is 0.313 e. The first-order valence-electron chi connectivity index (χ1n) is 2.67. The predicted molar refractivity (Wildman–Crippen MR) is 43.5 cm³/mol. The van der Waals surface area contributed by atoms with Gasteiger partial charge in [-0.25, -0.2) is 4.79 Å². The summed E-state index contributed by atoms with van der Waals surface area (Å²) in [6.07, 6.45) is 1.26. The Hall–Kier alpha value is -1.28. The van der Waals surface area contributed by atoms with Crippen LogP contribution in [0.4, 0.5) is 0 Å². The monoisotopic (exact) mass is 214 g/mol. The maximum absolute atomic E-state index is 10.8. The van der Waals surface area contributed by atoms with E-state index < -0.39 is 11.2 Å². The summed E-state index contributed by atoms with van der Waals surface area (Å²) in [5.41, 5.74) is -0.794. The lowest BCUT2D eigenvalue weighted by atomic mass is 10.4. The van der Waals surface area contributed by atoms with Gasteiger partial charge >= 0.3 is 5.69 Å². The normalized spacial score (nSPS) is 8.45. The van der Waals surface area contributed by atoms with Crippen LogP contribution < -0.4 is 11.2 Å². The van der Waals surface area contributed by atoms with Crippen LogP contribution in [0, 0.1) is 10.8 Å². The average molecular weight is 215 g/mol. The van der Waals surface area contributed by atoms with E-state index in [-0.39, 0.29) is 5.56 Å². The van der Waals surface area contributed by atoms with Crippen LogP contribution in [0.2, 0.25) is 0 Å². The summed E-state index contributed by atoms with van der Waals surface area (Å²) >= 11 is 2.83. The Morgan fingerprint density at radius 3 is 2.73 bits per heavy atom. The summed E-state index contributed by atoms with van der Waals surface area (Å²) in [6.45, 7) is 0. The highest BCUT2D eigenvalue weighted by atomic mass is 79.9. The molecular weight excluding hydrogens is 212 g/mol. The van der Waals surface area contributed by atoms with Crippen molar-refractivity contribution in [2.45, 2.75) is 0 Å². The molecule has 1 rings (SSSR count). The van der Waals surface area contributed by atoms with Crippen molar-refractivity contribution in [3.63, 3.8) is 0 Å². The molecule has 5 heteroatoms. The van der Waals surface area contributed by atoms with E-state index in [1.54, 1.807) is 0 Å². The molecule has 11 heavy (non-hydrogen) atoms. The highest BCUT2D eigenvalue weighted by Gasteiger charge is 1.93. The van der Waals surface area contributed by atoms with Gasteiger partial charge in [0.15, 0.2) is 0 Å². The number of rotatable bonds is 0. The van der Waals surface area contributed by atoms with Gasteiger partial charge in [-0.1, -0.05) is 0 Å². The fraction of sp³-hybridized carbons (Fsp3) is 0. The van der Waals surface area contributed by atoms with Crippen LogP contribution in [0.3, 0.4) is 0 Å². The zero-order valence-electron chi connectivity index (χ0n) is 5.27. The molecule has 0 fully saturated rings. The Bertz CT molecular complexity index is 420. The van der Waals surface area contributed by atoms with Crippen molar-refractivity contribution in [2.24, 2.45) is 0 Å². The molecule has 0 saturated carbocycles. The second-order valence-electron chi connectivity index (χ2n) is 1.71. The molecule has 1 heterocycles. The van der Waals surface area contributed by atoms with Gasteiger partial charge < -0.3 is 4.98 Å². The molecule has 0 aliphatic rings. The first-order valence-corrected chi connectivity index (χ1v) is 3.47. The Balaban J connectivity index is 3.39. The zero-order valence-corrected chi connectivity index (χ0v) is 6.86. The van der Waals surface area contributed by atoms with E-state index in [9.17, 15) is 9.59 Å². The molecule has 0 aliphatic carbocycles. The quantitative estimate of drug-likeness (QED) is 0.587. The van der Waals surface area contributed by atoms with E-state index in [2.05, 4.69) is 31.7 Å². The van der Waals surface area contributed by atoms with E-state index in [0.717, 1.165) is 0 Å². The number of hydrogen-bond donors (Lipinski definition) is 2. The van der Waals surface area contributed by atoms with Crippen molar-refractivity contribution in [3.8, 4) is 10.8 Å². The molecule has 1 aromatic rings. The minimum atomic E-state index is -0.532. The van der Waals surface area contributed by atoms with Crippen LogP contribution in [0.5, 0.6) is 0 Å². The van der Waals surface area contributed by atoms with Gasteiger partial charge in [-0.2, -0.15) is 0 Å². The van der Waals surface area contributed by atoms with Gasteiger partial charge in [0.1, 0.15) is 5.56 Å². The summed E-state index contributed by atoms with van der Waals surface area (Å²) in [7, 11) is 0. The molecule has 1 aromatic heterocycles. The molecular formula is C6H3BrN2O2. The Morgan fingerprint density at radius 1 is 1.45 bits per heavy atom. The fourth-order valence-electron chi connectivity index (χ4n) is 0.554. The van der Waals surface area contributed by atoms with Gasteiger partial charge in [0, 0.05) is 22.1 Å². The third kappa shape index (κ3) is 1.82. The Labute approximate surface area is 69.8 Å². The number of hydrogen-bond acceptors (Lipinski definition) is 2. The van der Waals surface area contributed by atoms with E-state index in [0.29, 0.717) is 0 Å². The lowest BCUT2D eigenvalue weighted by Crippen LogP contribution is -2.23. The molecule has 0 aromatic carbocycles. The summed E-state index contributed by atoms with van der Waals surface area (Å²) < 4.78 is 0. The second kappa shape index (κ2) is 3.21. The van der Waals surface area contributed by atoms with Gasteiger partial charge in [0.05, 0.1) is 0 Å². The zero-order chi connectivity index (χ0) is 8.27. The number of halogens is 1. The molecule has 0 atom stereocenters. The number of aromatic nitrogens is 2. The third-order valence-electron chi connectivity index (χ3n) is 1.00. The molecule has 0 bridgehead atoms. The molecule has 56 valence electrons. The van der Waals surface area contributed by atoms with Gasteiger partial charge in [-0.05, 0) is 10.8 Å². The fourth-order valence-corrected chi connectivity index (χ4v) is 0.767. The molecule has 4 nitrogen and oxygen atoms in total. The minimum Gasteiger partial charge on any atom is -0.313 e. The summed E-state index contributed by atoms with van der Waals surface area (Å²) in [4.78, 5) is 28.0. The van der Waals surface area contributed by atoms with E-state index in [1.807, 2.05) is 4.98 Å². The molecule has 0 spiro atoms. The Morgan fingerprint density at radius 2 is 2.18 bits per heavy atom. The Kier molecular flexibility index (Phi) is 2.28. The second-order valence-corrected chi connectivity index (χ2v) is 2.10. The van der Waals surface area contributed by atoms with Crippen molar-refractivity contribution >= 4 is 15.9 Å². The van der Waals surface area contributed by atoms with Crippen LogP contribution in [-0.4, -0.2) is 9.97 Å². The van der Waals surface area contributed by atoms with Crippen molar-refractivity contribution in [3.05, 3.63) is 32.6 Å². The lowest BCUT2D eigenvalue weighted by Gasteiger charge is -1.84. The van der Waals surface area contributed by atoms with Gasteiger partial charge in [-0.15, -0.1) is 0 Å². The number of H-pyrrole nitrogens is 2. The van der Waals surface area contributed by atoms with E-state index >= 15 is 0 Å². The summed E-state index contributed by atoms with van der Waals surface area (Å²) in [6, 6.07) is 0. The van der Waals surface area contributed by atoms with Crippen molar-refractivity contribution in [2.75, 3.05) is 0 Å². The topological polar surface area (TPSA) is 65.7 Å². The highest BCUT2D eigenvalue weighted by molar-refractivity contribution is 9.12. The molecule has 0 unspecified atom stereocenters. The van der Waals surface area contributed by atoms with Crippen LogP contribution in [0.1, 0.15) is 5.56 Å². The van der Waals surface area contributed by atoms with E-state index in [1.165, 1.54) is 6.20 Å². The van der Waals surface area contributed by atoms with Crippen LogP contribution in [-0.2, 0) is 0 Å². The molecule has 0 radical (unpaired) electrons. The highest BCUT2D eigenvalue weighted by Crippen LogP contribution is 1.80. The number of nitrogens with one attached hydrogen (secondary N) is 2. The molecule has 0 aliphatic heterocycles. The van der Waals surface area contributed by atoms with Gasteiger partial charge in [0.2, 0.25) is 0 Å². The molecule has 2 N–H and O–H groups in total. The maximum Gasteiger partial charge on any atom is 0.325 e. The van der Waals surface area contributed by atoms with Gasteiger partial charge in [-0.3, -0.25) is 9.78 Å². The SMILES string of the molecule is O=c1[nH]cc(C#CBr)c(=O)[nH]1. The third-order valence-corrected chi connectivity index (χ3v) is 1.20. The minimum absolute atomic E-state index is 0.224. The van der Waals surface area contributed by atoms with Gasteiger partial charge in [0.25, 0.3) is 5.56 Å². The van der Waals surface area contributed by atoms with Crippen LogP contribution >= 0.6 is 15.9 Å². The van der Waals surface area contributed by atoms with Crippen molar-refractivity contribution in [1.82, 2.24) is 9.97 Å². The predicted octanol–water partition coefficient (Wildman–Crippen LogP) is -0.233. The lowest BCUT2D eigenvalue weighted by molar-refractivity contribution is 1.03. The maximum atomic E-state index is 10.8. The number of aromatic amines is 2. The average Bonchev–Trinajstić information content (AvgIpc) is 1.95. The van der Waals surface area contributed by atoms with Crippen LogP contribution in [0.25, 0.3) is 0 Å². The van der Waals surface area contributed by atoms with Crippen molar-refractivity contribution < 1.29 is 0 Å². The largest absolute Gasteiger partial charge is 0.325 e. The first-order chi connectivity index (χ1) is 5.24. The standard InChI is InChI=1S/C6H3BrN2O2/c7-2-1-4-3-8-6(11)9-5(4)10/h3H,(H2,8,9,10,11). The first kappa shape index (κ1) is 7.82. The van der Waals surface area contributed by atoms with Crippen molar-refractivity contribution in [1.29, 1.82) is 0 Å². The summed E-state index contributed by atoms with van der Waals surface area (Å²) in [5.74, 6) is 2.46. The van der Waals surface area contributed by atoms with E-state index in [4.69, 9.17) is 0 Å². The molecule has 0 saturated heterocycles. The summed E-state index contributed by atoms with van der Waals surface area (Å²) in [5, 5.41) is 0.